The Labute approximate surface area is 124 Å². The summed E-state index contributed by atoms with van der Waals surface area (Å²) in [6.07, 6.45) is 0. The van der Waals surface area contributed by atoms with Crippen molar-refractivity contribution >= 4 is 15.9 Å². The quantitative estimate of drug-likeness (QED) is 0.856. The van der Waals surface area contributed by atoms with E-state index in [1.165, 1.54) is 0 Å². The number of ether oxygens (including phenoxy) is 1. The molecule has 2 aromatic carbocycles. The van der Waals surface area contributed by atoms with Crippen LogP contribution >= 0.6 is 15.9 Å². The van der Waals surface area contributed by atoms with Gasteiger partial charge < -0.3 is 10.1 Å². The maximum absolute atomic E-state index is 13.1. The molecule has 106 valence electrons. The van der Waals surface area contributed by atoms with E-state index >= 15 is 0 Å². The second kappa shape index (κ2) is 6.81. The van der Waals surface area contributed by atoms with Crippen molar-refractivity contribution in [2.75, 3.05) is 6.54 Å². The van der Waals surface area contributed by atoms with Gasteiger partial charge in [-0.2, -0.15) is 0 Å². The average molecular weight is 342 g/mol. The average Bonchev–Trinajstić information content (AvgIpc) is 2.38. The van der Waals surface area contributed by atoms with Crippen LogP contribution in [-0.4, -0.2) is 6.54 Å². The highest BCUT2D eigenvalue weighted by Gasteiger charge is 2.07. The van der Waals surface area contributed by atoms with E-state index in [0.29, 0.717) is 5.75 Å². The SMILES string of the molecule is CCNCc1ccc(Oc2cc(F)cc(F)c2)c(Br)c1. The van der Waals surface area contributed by atoms with Gasteiger partial charge in [0.25, 0.3) is 0 Å². The topological polar surface area (TPSA) is 21.3 Å². The monoisotopic (exact) mass is 341 g/mol. The zero-order valence-electron chi connectivity index (χ0n) is 10.9. The molecule has 0 saturated heterocycles. The lowest BCUT2D eigenvalue weighted by Crippen LogP contribution is -2.11. The fourth-order valence-electron chi connectivity index (χ4n) is 1.72. The van der Waals surface area contributed by atoms with Crippen LogP contribution < -0.4 is 10.1 Å². The predicted molar refractivity (Wildman–Crippen MR) is 78.0 cm³/mol. The Morgan fingerprint density at radius 2 is 1.80 bits per heavy atom. The fraction of sp³-hybridized carbons (Fsp3) is 0.200. The maximum Gasteiger partial charge on any atom is 0.141 e. The number of benzene rings is 2. The van der Waals surface area contributed by atoms with Gasteiger partial charge in [0.1, 0.15) is 23.1 Å². The van der Waals surface area contributed by atoms with Crippen LogP contribution in [-0.2, 0) is 6.54 Å². The lowest BCUT2D eigenvalue weighted by molar-refractivity contribution is 0.465. The van der Waals surface area contributed by atoms with Gasteiger partial charge in [0, 0.05) is 24.7 Å². The molecule has 2 rings (SSSR count). The first-order valence-corrected chi connectivity index (χ1v) is 7.01. The number of nitrogens with one attached hydrogen (secondary N) is 1. The van der Waals surface area contributed by atoms with Crippen LogP contribution in [0, 0.1) is 11.6 Å². The third kappa shape index (κ3) is 4.02. The summed E-state index contributed by atoms with van der Waals surface area (Å²) in [5.74, 6) is -0.697. The molecule has 0 bridgehead atoms. The van der Waals surface area contributed by atoms with E-state index in [1.54, 1.807) is 6.07 Å². The molecule has 1 N–H and O–H groups in total. The molecule has 0 radical (unpaired) electrons. The van der Waals surface area contributed by atoms with Crippen LogP contribution in [0.5, 0.6) is 11.5 Å². The molecular weight excluding hydrogens is 328 g/mol. The summed E-state index contributed by atoms with van der Waals surface area (Å²) < 4.78 is 32.4. The molecule has 0 atom stereocenters. The Balaban J connectivity index is 2.16. The Kier molecular flexibility index (Phi) is 5.09. The van der Waals surface area contributed by atoms with E-state index in [9.17, 15) is 8.78 Å². The number of hydrogen-bond donors (Lipinski definition) is 1. The van der Waals surface area contributed by atoms with Gasteiger partial charge in [-0.3, -0.25) is 0 Å². The van der Waals surface area contributed by atoms with Crippen molar-refractivity contribution in [1.82, 2.24) is 5.32 Å². The van der Waals surface area contributed by atoms with E-state index in [4.69, 9.17) is 4.74 Å². The highest BCUT2D eigenvalue weighted by atomic mass is 79.9. The van der Waals surface area contributed by atoms with Crippen LogP contribution in [0.2, 0.25) is 0 Å². The third-order valence-electron chi connectivity index (χ3n) is 2.64. The van der Waals surface area contributed by atoms with E-state index in [2.05, 4.69) is 21.2 Å². The second-order valence-electron chi connectivity index (χ2n) is 4.25. The molecule has 0 saturated carbocycles. The van der Waals surface area contributed by atoms with Crippen molar-refractivity contribution in [3.05, 3.63) is 58.1 Å². The second-order valence-corrected chi connectivity index (χ2v) is 5.11. The van der Waals surface area contributed by atoms with Gasteiger partial charge in [0.15, 0.2) is 0 Å². The lowest BCUT2D eigenvalue weighted by atomic mass is 10.2. The minimum atomic E-state index is -0.667. The molecule has 0 unspecified atom stereocenters. The van der Waals surface area contributed by atoms with E-state index < -0.39 is 11.6 Å². The first kappa shape index (κ1) is 14.9. The summed E-state index contributed by atoms with van der Waals surface area (Å²) >= 11 is 3.39. The molecule has 2 nitrogen and oxygen atoms in total. The van der Waals surface area contributed by atoms with Crippen molar-refractivity contribution in [2.45, 2.75) is 13.5 Å². The van der Waals surface area contributed by atoms with Crippen LogP contribution in [0.4, 0.5) is 8.78 Å². The molecule has 0 aliphatic carbocycles. The van der Waals surface area contributed by atoms with Gasteiger partial charge in [-0.05, 0) is 40.2 Å². The molecule has 0 amide bonds. The Hall–Kier alpha value is -1.46. The summed E-state index contributed by atoms with van der Waals surface area (Å²) in [5, 5.41) is 3.22. The zero-order chi connectivity index (χ0) is 14.5. The maximum atomic E-state index is 13.1. The van der Waals surface area contributed by atoms with E-state index in [0.717, 1.165) is 41.3 Å². The van der Waals surface area contributed by atoms with Crippen LogP contribution in [0.15, 0.2) is 40.9 Å². The number of halogens is 3. The summed E-state index contributed by atoms with van der Waals surface area (Å²) in [6.45, 7) is 3.67. The third-order valence-corrected chi connectivity index (χ3v) is 3.26. The largest absolute Gasteiger partial charge is 0.456 e. The van der Waals surface area contributed by atoms with Crippen LogP contribution in [0.3, 0.4) is 0 Å². The Morgan fingerprint density at radius 3 is 2.40 bits per heavy atom. The van der Waals surface area contributed by atoms with Crippen molar-refractivity contribution in [3.8, 4) is 11.5 Å². The van der Waals surface area contributed by atoms with Crippen molar-refractivity contribution in [2.24, 2.45) is 0 Å². The van der Waals surface area contributed by atoms with E-state index in [-0.39, 0.29) is 5.75 Å². The molecule has 0 aliphatic heterocycles. The first-order valence-electron chi connectivity index (χ1n) is 6.21. The predicted octanol–water partition coefficient (Wildman–Crippen LogP) is 4.63. The first-order chi connectivity index (χ1) is 9.58. The molecule has 0 heterocycles. The van der Waals surface area contributed by atoms with Crippen molar-refractivity contribution in [1.29, 1.82) is 0 Å². The highest BCUT2D eigenvalue weighted by molar-refractivity contribution is 9.10. The van der Waals surface area contributed by atoms with Crippen LogP contribution in [0.1, 0.15) is 12.5 Å². The fourth-order valence-corrected chi connectivity index (χ4v) is 2.23. The minimum absolute atomic E-state index is 0.127. The molecule has 0 aliphatic rings. The van der Waals surface area contributed by atoms with Gasteiger partial charge >= 0.3 is 0 Å². The standard InChI is InChI=1S/C15H14BrF2NO/c1-2-19-9-10-3-4-15(14(16)5-10)20-13-7-11(17)6-12(18)8-13/h3-8,19H,2,9H2,1H3. The summed E-state index contributed by atoms with van der Waals surface area (Å²) in [7, 11) is 0. The molecule has 0 spiro atoms. The molecule has 0 fully saturated rings. The minimum Gasteiger partial charge on any atom is -0.456 e. The van der Waals surface area contributed by atoms with Crippen molar-refractivity contribution in [3.63, 3.8) is 0 Å². The molecule has 0 aromatic heterocycles. The summed E-state index contributed by atoms with van der Waals surface area (Å²) in [4.78, 5) is 0. The van der Waals surface area contributed by atoms with Crippen molar-refractivity contribution < 1.29 is 13.5 Å². The lowest BCUT2D eigenvalue weighted by Gasteiger charge is -2.10. The Bertz CT molecular complexity index is 584. The van der Waals surface area contributed by atoms with Gasteiger partial charge in [-0.25, -0.2) is 8.78 Å². The van der Waals surface area contributed by atoms with Gasteiger partial charge in [0.2, 0.25) is 0 Å². The number of rotatable bonds is 5. The number of hydrogen-bond acceptors (Lipinski definition) is 2. The van der Waals surface area contributed by atoms with Gasteiger partial charge in [-0.1, -0.05) is 13.0 Å². The molecular formula is C15H14BrF2NO. The molecule has 2 aromatic rings. The summed E-state index contributed by atoms with van der Waals surface area (Å²) in [6, 6.07) is 8.66. The molecule has 5 heteroatoms. The summed E-state index contributed by atoms with van der Waals surface area (Å²) in [5.41, 5.74) is 1.09. The normalized spacial score (nSPS) is 10.6. The van der Waals surface area contributed by atoms with Gasteiger partial charge in [-0.15, -0.1) is 0 Å². The highest BCUT2D eigenvalue weighted by Crippen LogP contribution is 2.31. The molecule has 20 heavy (non-hydrogen) atoms. The smallest absolute Gasteiger partial charge is 0.141 e. The van der Waals surface area contributed by atoms with Crippen LogP contribution in [0.25, 0.3) is 0 Å². The Morgan fingerprint density at radius 1 is 1.10 bits per heavy atom. The zero-order valence-corrected chi connectivity index (χ0v) is 12.5. The van der Waals surface area contributed by atoms with Gasteiger partial charge in [0.05, 0.1) is 4.47 Å². The van der Waals surface area contributed by atoms with E-state index in [1.807, 2.05) is 19.1 Å².